The lowest BCUT2D eigenvalue weighted by Crippen LogP contribution is -2.40. The van der Waals surface area contributed by atoms with Crippen LogP contribution in [0.4, 0.5) is 8.78 Å². The summed E-state index contributed by atoms with van der Waals surface area (Å²) >= 11 is 0.972. The highest BCUT2D eigenvalue weighted by atomic mass is 32.2. The molecule has 0 aliphatic carbocycles. The molecule has 6 nitrogen and oxygen atoms in total. The molecule has 1 aliphatic heterocycles. The van der Waals surface area contributed by atoms with E-state index < -0.39 is 21.7 Å². The molecule has 1 amide bonds. The number of carbonyl (C=O) groups is 1. The third-order valence-electron chi connectivity index (χ3n) is 4.27. The van der Waals surface area contributed by atoms with E-state index in [1.54, 1.807) is 12.1 Å². The predicted molar refractivity (Wildman–Crippen MR) is 105 cm³/mol. The molecule has 0 saturated carbocycles. The molecule has 1 N–H and O–H groups in total. The molecule has 2 aromatic rings. The molecule has 0 bridgehead atoms. The Kier molecular flexibility index (Phi) is 7.23. The molecule has 29 heavy (non-hydrogen) atoms. The summed E-state index contributed by atoms with van der Waals surface area (Å²) < 4.78 is 58.2. The Balaban J connectivity index is 1.51. The maximum Gasteiger partial charge on any atom is 0.243 e. The van der Waals surface area contributed by atoms with Crippen LogP contribution in [-0.4, -0.2) is 50.7 Å². The smallest absolute Gasteiger partial charge is 0.243 e. The van der Waals surface area contributed by atoms with Gasteiger partial charge in [0.05, 0.1) is 23.9 Å². The minimum absolute atomic E-state index is 0.0218. The lowest BCUT2D eigenvalue weighted by Gasteiger charge is -2.26. The molecule has 0 spiro atoms. The first-order valence-corrected chi connectivity index (χ1v) is 11.3. The van der Waals surface area contributed by atoms with Crippen LogP contribution in [0.1, 0.15) is 5.56 Å². The summed E-state index contributed by atoms with van der Waals surface area (Å²) in [6, 6.07) is 9.49. The number of nitrogens with zero attached hydrogens (tertiary/aromatic N) is 1. The van der Waals surface area contributed by atoms with Crippen molar-refractivity contribution in [1.82, 2.24) is 9.62 Å². The molecule has 10 heteroatoms. The minimum atomic E-state index is -3.56. The third kappa shape index (κ3) is 5.75. The monoisotopic (exact) mass is 442 g/mol. The average molecular weight is 443 g/mol. The lowest BCUT2D eigenvalue weighted by molar-refractivity contribution is -0.118. The Labute approximate surface area is 172 Å². The van der Waals surface area contributed by atoms with Crippen molar-refractivity contribution >= 4 is 27.7 Å². The molecule has 3 rings (SSSR count). The van der Waals surface area contributed by atoms with E-state index in [9.17, 15) is 22.0 Å². The van der Waals surface area contributed by atoms with Crippen molar-refractivity contribution in [3.8, 4) is 0 Å². The van der Waals surface area contributed by atoms with E-state index in [2.05, 4.69) is 5.32 Å². The Morgan fingerprint density at radius 3 is 2.45 bits per heavy atom. The van der Waals surface area contributed by atoms with Gasteiger partial charge in [-0.15, -0.1) is 11.8 Å². The normalized spacial score (nSPS) is 15.2. The van der Waals surface area contributed by atoms with Crippen LogP contribution >= 0.6 is 11.8 Å². The van der Waals surface area contributed by atoms with Crippen molar-refractivity contribution < 1.29 is 26.7 Å². The van der Waals surface area contributed by atoms with Gasteiger partial charge in [0.25, 0.3) is 0 Å². The molecule has 156 valence electrons. The lowest BCUT2D eigenvalue weighted by atomic mass is 10.2. The van der Waals surface area contributed by atoms with Crippen LogP contribution in [0, 0.1) is 11.6 Å². The van der Waals surface area contributed by atoms with Crippen LogP contribution < -0.4 is 5.32 Å². The van der Waals surface area contributed by atoms with Crippen LogP contribution in [-0.2, 0) is 26.1 Å². The summed E-state index contributed by atoms with van der Waals surface area (Å²) in [5, 5.41) is 2.69. The minimum Gasteiger partial charge on any atom is -0.379 e. The van der Waals surface area contributed by atoms with Gasteiger partial charge in [-0.1, -0.05) is 12.1 Å². The zero-order chi connectivity index (χ0) is 20.9. The molecule has 0 atom stereocenters. The van der Waals surface area contributed by atoms with Crippen LogP contribution in [0.5, 0.6) is 0 Å². The van der Waals surface area contributed by atoms with Crippen molar-refractivity contribution in [2.24, 2.45) is 0 Å². The first kappa shape index (κ1) is 21.7. The molecule has 1 aliphatic rings. The van der Waals surface area contributed by atoms with Crippen molar-refractivity contribution in [2.45, 2.75) is 16.3 Å². The molecule has 1 fully saturated rings. The number of carbonyl (C=O) groups excluding carboxylic acids is 1. The number of rotatable bonds is 7. The zero-order valence-electron chi connectivity index (χ0n) is 15.4. The Bertz CT molecular complexity index is 963. The predicted octanol–water partition coefficient (Wildman–Crippen LogP) is 2.39. The van der Waals surface area contributed by atoms with E-state index in [0.29, 0.717) is 26.3 Å². The van der Waals surface area contributed by atoms with Crippen LogP contribution in [0.25, 0.3) is 0 Å². The maximum atomic E-state index is 13.6. The molecule has 0 aromatic heterocycles. The highest BCUT2D eigenvalue weighted by Crippen LogP contribution is 2.22. The zero-order valence-corrected chi connectivity index (χ0v) is 17.1. The summed E-state index contributed by atoms with van der Waals surface area (Å²) in [7, 11) is -3.56. The van der Waals surface area contributed by atoms with Crippen LogP contribution in [0.3, 0.4) is 0 Å². The SMILES string of the molecule is O=C(CSc1ccc(F)cc1F)NCc1ccc(S(=O)(=O)N2CCOCC2)cc1. The van der Waals surface area contributed by atoms with Gasteiger partial charge in [-0.05, 0) is 29.8 Å². The number of hydrogen-bond acceptors (Lipinski definition) is 5. The van der Waals surface area contributed by atoms with Gasteiger partial charge in [0.2, 0.25) is 15.9 Å². The Morgan fingerprint density at radius 1 is 1.10 bits per heavy atom. The van der Waals surface area contributed by atoms with E-state index in [1.165, 1.54) is 22.5 Å². The van der Waals surface area contributed by atoms with Crippen molar-refractivity contribution in [3.05, 3.63) is 59.7 Å². The summed E-state index contributed by atoms with van der Waals surface area (Å²) in [5.41, 5.74) is 0.734. The van der Waals surface area contributed by atoms with E-state index in [-0.39, 0.29) is 28.0 Å². The standard InChI is InChI=1S/C19H20F2N2O4S2/c20-15-3-6-18(17(21)11-15)28-13-19(24)22-12-14-1-4-16(5-2-14)29(25,26)23-7-9-27-10-8-23/h1-6,11H,7-10,12-13H2,(H,22,24). The quantitative estimate of drug-likeness (QED) is 0.667. The van der Waals surface area contributed by atoms with Crippen LogP contribution in [0.15, 0.2) is 52.3 Å². The first-order valence-electron chi connectivity index (χ1n) is 8.87. The highest BCUT2D eigenvalue weighted by Gasteiger charge is 2.26. The van der Waals surface area contributed by atoms with Gasteiger partial charge in [-0.2, -0.15) is 4.31 Å². The summed E-state index contributed by atoms with van der Waals surface area (Å²) in [4.78, 5) is 12.3. The number of benzene rings is 2. The van der Waals surface area contributed by atoms with Gasteiger partial charge in [-0.3, -0.25) is 4.79 Å². The molecule has 2 aromatic carbocycles. The van der Waals surface area contributed by atoms with Crippen molar-refractivity contribution in [1.29, 1.82) is 0 Å². The Hall–Kier alpha value is -2.01. The summed E-state index contributed by atoms with van der Waals surface area (Å²) in [5.74, 6) is -1.72. The fourth-order valence-electron chi connectivity index (χ4n) is 2.70. The number of ether oxygens (including phenoxy) is 1. The van der Waals surface area contributed by atoms with E-state index in [1.807, 2.05) is 0 Å². The average Bonchev–Trinajstić information content (AvgIpc) is 2.72. The molecular weight excluding hydrogens is 422 g/mol. The Morgan fingerprint density at radius 2 is 1.79 bits per heavy atom. The molecular formula is C19H20F2N2O4S2. The van der Waals surface area contributed by atoms with Gasteiger partial charge < -0.3 is 10.1 Å². The van der Waals surface area contributed by atoms with E-state index in [4.69, 9.17) is 4.74 Å². The topological polar surface area (TPSA) is 75.7 Å². The third-order valence-corrected chi connectivity index (χ3v) is 7.24. The fourth-order valence-corrected chi connectivity index (χ4v) is 4.86. The van der Waals surface area contributed by atoms with E-state index >= 15 is 0 Å². The number of nitrogens with one attached hydrogen (secondary N) is 1. The molecule has 1 saturated heterocycles. The number of sulfonamides is 1. The van der Waals surface area contributed by atoms with Gasteiger partial charge in [0.15, 0.2) is 0 Å². The molecule has 0 radical (unpaired) electrons. The maximum absolute atomic E-state index is 13.6. The van der Waals surface area contributed by atoms with Gasteiger partial charge >= 0.3 is 0 Å². The van der Waals surface area contributed by atoms with E-state index in [0.717, 1.165) is 29.5 Å². The number of halogens is 2. The number of thioether (sulfide) groups is 1. The second-order valence-corrected chi connectivity index (χ2v) is 9.26. The highest BCUT2D eigenvalue weighted by molar-refractivity contribution is 8.00. The molecule has 1 heterocycles. The second-order valence-electron chi connectivity index (χ2n) is 6.30. The van der Waals surface area contributed by atoms with Crippen LogP contribution in [0.2, 0.25) is 0 Å². The van der Waals surface area contributed by atoms with Gasteiger partial charge in [0.1, 0.15) is 11.6 Å². The second kappa shape index (κ2) is 9.66. The first-order chi connectivity index (χ1) is 13.9. The number of morpholine rings is 1. The number of amides is 1. The summed E-state index contributed by atoms with van der Waals surface area (Å²) in [6.45, 7) is 1.62. The van der Waals surface area contributed by atoms with Gasteiger partial charge in [0, 0.05) is 30.6 Å². The number of hydrogen-bond donors (Lipinski definition) is 1. The fraction of sp³-hybridized carbons (Fsp3) is 0.316. The molecule has 0 unspecified atom stereocenters. The van der Waals surface area contributed by atoms with Gasteiger partial charge in [-0.25, -0.2) is 17.2 Å². The summed E-state index contributed by atoms with van der Waals surface area (Å²) in [6.07, 6.45) is 0. The van der Waals surface area contributed by atoms with Crippen molar-refractivity contribution in [3.63, 3.8) is 0 Å². The largest absolute Gasteiger partial charge is 0.379 e. The van der Waals surface area contributed by atoms with Crippen molar-refractivity contribution in [2.75, 3.05) is 32.1 Å².